The molecule has 0 saturated carbocycles. The average Bonchev–Trinajstić information content (AvgIpc) is 3.56. The fourth-order valence-electron chi connectivity index (χ4n) is 8.64. The first kappa shape index (κ1) is 31.5. The first-order chi connectivity index (χ1) is 25.6. The predicted octanol–water partition coefficient (Wildman–Crippen LogP) is 13.3. The quantitative estimate of drug-likeness (QED) is 0.142. The Morgan fingerprint density at radius 1 is 0.538 bits per heavy atom. The van der Waals surface area contributed by atoms with Gasteiger partial charge in [-0.25, -0.2) is 0 Å². The first-order valence-corrected chi connectivity index (χ1v) is 18.1. The Kier molecular flexibility index (Phi) is 7.71. The van der Waals surface area contributed by atoms with Crippen LogP contribution in [0.15, 0.2) is 195 Å². The van der Waals surface area contributed by atoms with Crippen LogP contribution in [0, 0.1) is 0 Å². The molecule has 1 unspecified atom stereocenters. The van der Waals surface area contributed by atoms with Crippen LogP contribution in [0.1, 0.15) is 46.7 Å². The second-order valence-electron chi connectivity index (χ2n) is 13.7. The fraction of sp³-hybridized carbons (Fsp3) is 0.0588. The lowest BCUT2D eigenvalue weighted by atomic mass is 9.63. The summed E-state index contributed by atoms with van der Waals surface area (Å²) in [6.07, 6.45) is 3.11. The monoisotopic (exact) mass is 665 g/mol. The van der Waals surface area contributed by atoms with E-state index in [1.54, 1.807) is 0 Å². The molecule has 0 N–H and O–H groups in total. The zero-order valence-corrected chi connectivity index (χ0v) is 29.4. The topological polar surface area (TPSA) is 4.93 Å². The molecule has 0 spiro atoms. The molecule has 0 fully saturated rings. The zero-order valence-electron chi connectivity index (χ0n) is 29.4. The second-order valence-corrected chi connectivity index (χ2v) is 13.7. The molecule has 248 valence electrons. The first-order valence-electron chi connectivity index (χ1n) is 18.1. The van der Waals surface area contributed by atoms with Crippen molar-refractivity contribution in [3.05, 3.63) is 229 Å². The van der Waals surface area contributed by atoms with E-state index in [4.69, 9.17) is 6.58 Å². The number of allylic oxidation sites excluding steroid dienone is 4. The van der Waals surface area contributed by atoms with Gasteiger partial charge in [0.25, 0.3) is 0 Å². The molecule has 1 nitrogen and oxygen atoms in total. The van der Waals surface area contributed by atoms with E-state index in [0.29, 0.717) is 0 Å². The Hall–Kier alpha value is -6.44. The van der Waals surface area contributed by atoms with Crippen LogP contribution in [-0.2, 0) is 5.41 Å². The third-order valence-electron chi connectivity index (χ3n) is 11.1. The average molecular weight is 666 g/mol. The molecule has 0 amide bonds. The summed E-state index contributed by atoms with van der Waals surface area (Å²) < 4.78 is 2.49. The van der Waals surface area contributed by atoms with Crippen molar-refractivity contribution in [1.29, 1.82) is 0 Å². The minimum atomic E-state index is -0.418. The summed E-state index contributed by atoms with van der Waals surface area (Å²) in [4.78, 5) is 0. The van der Waals surface area contributed by atoms with Crippen LogP contribution in [-0.4, -0.2) is 4.57 Å². The van der Waals surface area contributed by atoms with E-state index >= 15 is 0 Å². The number of nitrogens with zero attached hydrogens (tertiary/aromatic N) is 1. The van der Waals surface area contributed by atoms with E-state index in [1.165, 1.54) is 55.3 Å². The van der Waals surface area contributed by atoms with Crippen molar-refractivity contribution in [3.63, 3.8) is 0 Å². The normalized spacial score (nSPS) is 15.1. The Labute approximate surface area is 306 Å². The van der Waals surface area contributed by atoms with Crippen LogP contribution in [0.3, 0.4) is 0 Å². The molecule has 1 atom stereocenters. The second kappa shape index (κ2) is 12.7. The molecular formula is C51H39N. The third kappa shape index (κ3) is 4.85. The van der Waals surface area contributed by atoms with Crippen molar-refractivity contribution >= 4 is 38.5 Å². The number of hydrogen-bond acceptors (Lipinski definition) is 0. The van der Waals surface area contributed by atoms with Gasteiger partial charge in [-0.2, -0.15) is 0 Å². The Morgan fingerprint density at radius 3 is 1.90 bits per heavy atom. The van der Waals surface area contributed by atoms with E-state index in [9.17, 15) is 0 Å². The Balaban J connectivity index is 1.27. The summed E-state index contributed by atoms with van der Waals surface area (Å²) in [6, 6.07) is 63.5. The molecule has 0 radical (unpaired) electrons. The molecule has 1 aliphatic heterocycles. The molecular weight excluding hydrogens is 627 g/mol. The maximum Gasteiger partial charge on any atom is 0.0585 e. The molecule has 1 aliphatic rings. The summed E-state index contributed by atoms with van der Waals surface area (Å²) in [7, 11) is 0. The Morgan fingerprint density at radius 2 is 1.13 bits per heavy atom. The molecule has 7 aromatic carbocycles. The van der Waals surface area contributed by atoms with E-state index in [2.05, 4.69) is 194 Å². The fourth-order valence-corrected chi connectivity index (χ4v) is 8.64. The number of rotatable bonds is 8. The minimum Gasteiger partial charge on any atom is -0.309 e. The molecule has 0 aliphatic carbocycles. The largest absolute Gasteiger partial charge is 0.309 e. The van der Waals surface area contributed by atoms with Crippen molar-refractivity contribution in [1.82, 2.24) is 4.57 Å². The number of hydrogen-bond donors (Lipinski definition) is 0. The number of aromatic nitrogens is 1. The summed E-state index contributed by atoms with van der Waals surface area (Å²) in [5.41, 5.74) is 15.9. The molecule has 52 heavy (non-hydrogen) atoms. The maximum absolute atomic E-state index is 4.92. The third-order valence-corrected chi connectivity index (χ3v) is 11.1. The van der Waals surface area contributed by atoms with Crippen molar-refractivity contribution in [2.75, 3.05) is 0 Å². The van der Waals surface area contributed by atoms with E-state index in [-0.39, 0.29) is 0 Å². The molecule has 2 heterocycles. The number of benzene rings is 7. The highest BCUT2D eigenvalue weighted by atomic mass is 15.0. The van der Waals surface area contributed by atoms with Gasteiger partial charge >= 0.3 is 0 Å². The van der Waals surface area contributed by atoms with Gasteiger partial charge in [-0.1, -0.05) is 184 Å². The lowest BCUT2D eigenvalue weighted by Gasteiger charge is -2.42. The van der Waals surface area contributed by atoms with Gasteiger partial charge in [0, 0.05) is 16.2 Å². The van der Waals surface area contributed by atoms with Crippen LogP contribution in [0.4, 0.5) is 0 Å². The van der Waals surface area contributed by atoms with Crippen molar-refractivity contribution < 1.29 is 0 Å². The summed E-state index contributed by atoms with van der Waals surface area (Å²) in [6.45, 7) is 11.8. The molecule has 0 bridgehead atoms. The molecule has 9 rings (SSSR count). The van der Waals surface area contributed by atoms with Crippen LogP contribution >= 0.6 is 0 Å². The lowest BCUT2D eigenvalue weighted by molar-refractivity contribution is 0.585. The minimum absolute atomic E-state index is 0.418. The van der Waals surface area contributed by atoms with Crippen LogP contribution < -0.4 is 0 Å². The van der Waals surface area contributed by atoms with Gasteiger partial charge < -0.3 is 4.57 Å². The van der Waals surface area contributed by atoms with E-state index in [0.717, 1.165) is 39.8 Å². The zero-order chi connectivity index (χ0) is 35.2. The summed E-state index contributed by atoms with van der Waals surface area (Å²) in [5, 5.41) is 2.57. The van der Waals surface area contributed by atoms with Gasteiger partial charge in [-0.05, 0) is 85.9 Å². The molecule has 8 aromatic rings. The van der Waals surface area contributed by atoms with Gasteiger partial charge in [-0.3, -0.25) is 0 Å². The molecule has 0 saturated heterocycles. The Bertz CT molecular complexity index is 2670. The van der Waals surface area contributed by atoms with Crippen LogP contribution in [0.2, 0.25) is 0 Å². The summed E-state index contributed by atoms with van der Waals surface area (Å²) in [5.74, 6) is 0. The predicted molar refractivity (Wildman–Crippen MR) is 222 cm³/mol. The lowest BCUT2D eigenvalue weighted by Crippen LogP contribution is -2.34. The standard InChI is InChI=1S/C51H39N/c1-4-51(46-26-14-16-29-49(46)52-48-28-15-12-23-42(48)43-24-17-27-47(51)50(43)52)45-25-13-11-22-41(45)36(3)44(34-35(2)37-18-7-5-8-19-37)40-32-30-39(31-33-40)38-20-9-6-10-21-38/h5-34H,2-4H2,1H3/b44-34+. The van der Waals surface area contributed by atoms with Crippen molar-refractivity contribution in [2.45, 2.75) is 18.8 Å². The number of fused-ring (bicyclic) bond motifs is 5. The van der Waals surface area contributed by atoms with Gasteiger partial charge in [0.2, 0.25) is 0 Å². The summed E-state index contributed by atoms with van der Waals surface area (Å²) >= 11 is 0. The van der Waals surface area contributed by atoms with Crippen molar-refractivity contribution in [2.24, 2.45) is 0 Å². The smallest absolute Gasteiger partial charge is 0.0585 e. The van der Waals surface area contributed by atoms with Gasteiger partial charge in [-0.15, -0.1) is 0 Å². The van der Waals surface area contributed by atoms with Gasteiger partial charge in [0.15, 0.2) is 0 Å². The van der Waals surface area contributed by atoms with Crippen LogP contribution in [0.25, 0.3) is 55.3 Å². The van der Waals surface area contributed by atoms with Gasteiger partial charge in [0.05, 0.1) is 16.7 Å². The maximum atomic E-state index is 4.92. The van der Waals surface area contributed by atoms with Crippen LogP contribution in [0.5, 0.6) is 0 Å². The number of para-hydroxylation sites is 3. The highest BCUT2D eigenvalue weighted by molar-refractivity contribution is 6.12. The SMILES string of the molecule is C=C(/C=C(\C(=C)c1ccccc1C1(CC)c2ccccc2-n2c3ccccc3c3cccc1c32)c1ccc(-c2ccccc2)cc1)c1ccccc1. The van der Waals surface area contributed by atoms with E-state index in [1.807, 2.05) is 6.07 Å². The molecule has 1 aromatic heterocycles. The van der Waals surface area contributed by atoms with E-state index < -0.39 is 5.41 Å². The molecule has 1 heteroatoms. The highest BCUT2D eigenvalue weighted by Crippen LogP contribution is 2.54. The van der Waals surface area contributed by atoms with Crippen molar-refractivity contribution in [3.8, 4) is 16.8 Å². The van der Waals surface area contributed by atoms with Gasteiger partial charge in [0.1, 0.15) is 0 Å². The highest BCUT2D eigenvalue weighted by Gasteiger charge is 2.43.